The van der Waals surface area contributed by atoms with E-state index in [4.69, 9.17) is 0 Å². The van der Waals surface area contributed by atoms with Gasteiger partial charge in [-0.3, -0.25) is 0 Å². The fourth-order valence-corrected chi connectivity index (χ4v) is 4.55. The lowest BCUT2D eigenvalue weighted by atomic mass is 9.85. The number of aryl methyl sites for hydroxylation is 1. The van der Waals surface area contributed by atoms with Crippen LogP contribution in [-0.4, -0.2) is 0 Å². The minimum atomic E-state index is -1.75. The Hall–Kier alpha value is -2.50. The maximum atomic E-state index is 15.0. The lowest BCUT2D eigenvalue weighted by molar-refractivity contribution is 0.404. The van der Waals surface area contributed by atoms with Crippen LogP contribution in [0.4, 0.5) is 26.3 Å². The van der Waals surface area contributed by atoms with E-state index in [-0.39, 0.29) is 34.6 Å². The third-order valence-corrected chi connectivity index (χ3v) is 5.96. The lowest BCUT2D eigenvalue weighted by Crippen LogP contribution is -2.06. The van der Waals surface area contributed by atoms with Crippen molar-refractivity contribution < 1.29 is 26.3 Å². The number of rotatable bonds is 4. The highest BCUT2D eigenvalue weighted by molar-refractivity contribution is 5.81. The van der Waals surface area contributed by atoms with Gasteiger partial charge in [0.15, 0.2) is 23.3 Å². The molecule has 0 saturated carbocycles. The van der Waals surface area contributed by atoms with Gasteiger partial charge < -0.3 is 0 Å². The van der Waals surface area contributed by atoms with Gasteiger partial charge in [0.2, 0.25) is 0 Å². The molecule has 0 N–H and O–H groups in total. The van der Waals surface area contributed by atoms with Crippen LogP contribution in [0.3, 0.4) is 0 Å². The van der Waals surface area contributed by atoms with Gasteiger partial charge in [0.1, 0.15) is 0 Å². The van der Waals surface area contributed by atoms with E-state index in [9.17, 15) is 22.0 Å². The number of hydrogen-bond acceptors (Lipinski definition) is 0. The Morgan fingerprint density at radius 1 is 0.967 bits per heavy atom. The van der Waals surface area contributed by atoms with E-state index in [1.165, 1.54) is 12.1 Å². The number of halogens is 6. The van der Waals surface area contributed by atoms with Crippen LogP contribution >= 0.6 is 0 Å². The summed E-state index contributed by atoms with van der Waals surface area (Å²) in [4.78, 5) is 0. The summed E-state index contributed by atoms with van der Waals surface area (Å²) in [6, 6.07) is 3.03. The number of benzene rings is 2. The zero-order chi connectivity index (χ0) is 21.6. The summed E-state index contributed by atoms with van der Waals surface area (Å²) < 4.78 is 84.0. The Labute approximate surface area is 170 Å². The first-order valence-electron chi connectivity index (χ1n) is 10.0. The molecule has 4 rings (SSSR count). The Bertz CT molecular complexity index is 1080. The van der Waals surface area contributed by atoms with E-state index in [1.807, 2.05) is 6.92 Å². The van der Waals surface area contributed by atoms with Gasteiger partial charge in [0, 0.05) is 16.7 Å². The van der Waals surface area contributed by atoms with Crippen LogP contribution in [0.1, 0.15) is 54.9 Å². The van der Waals surface area contributed by atoms with Crippen LogP contribution in [0.15, 0.2) is 30.4 Å². The van der Waals surface area contributed by atoms with Crippen LogP contribution in [-0.2, 0) is 12.8 Å². The highest BCUT2D eigenvalue weighted by Gasteiger charge is 2.32. The minimum absolute atomic E-state index is 0.0665. The van der Waals surface area contributed by atoms with Gasteiger partial charge in [-0.15, -0.1) is 0 Å². The molecule has 1 unspecified atom stereocenters. The van der Waals surface area contributed by atoms with Crippen LogP contribution in [0.25, 0.3) is 16.7 Å². The Morgan fingerprint density at radius 2 is 1.63 bits per heavy atom. The summed E-state index contributed by atoms with van der Waals surface area (Å²) in [5.74, 6) is -4.79. The van der Waals surface area contributed by atoms with E-state index < -0.39 is 29.3 Å². The first-order chi connectivity index (χ1) is 14.3. The van der Waals surface area contributed by atoms with Gasteiger partial charge in [-0.25, -0.2) is 17.6 Å². The molecule has 0 saturated heterocycles. The second-order valence-electron chi connectivity index (χ2n) is 7.93. The summed E-state index contributed by atoms with van der Waals surface area (Å²) in [5.41, 5.74) is 1.28. The summed E-state index contributed by atoms with van der Waals surface area (Å²) in [7, 11) is 0. The van der Waals surface area contributed by atoms with Crippen molar-refractivity contribution in [3.63, 3.8) is 0 Å². The van der Waals surface area contributed by atoms with Crippen molar-refractivity contribution in [2.75, 3.05) is 0 Å². The van der Waals surface area contributed by atoms with Crippen LogP contribution in [0.2, 0.25) is 0 Å². The van der Waals surface area contributed by atoms with Crippen molar-refractivity contribution in [3.8, 4) is 11.1 Å². The average Bonchev–Trinajstić information content (AvgIpc) is 3.07. The van der Waals surface area contributed by atoms with Crippen molar-refractivity contribution in [3.05, 3.63) is 75.9 Å². The molecular formula is C24H20F6. The largest absolute Gasteiger partial charge is 0.266 e. The predicted octanol–water partition coefficient (Wildman–Crippen LogP) is 7.73. The van der Waals surface area contributed by atoms with Crippen molar-refractivity contribution in [2.24, 2.45) is 5.92 Å². The fraction of sp³-hybridized carbons (Fsp3) is 0.333. The fourth-order valence-electron chi connectivity index (χ4n) is 4.55. The molecule has 0 bridgehead atoms. The normalized spacial score (nSPS) is 17.4. The molecule has 2 aromatic carbocycles. The molecule has 30 heavy (non-hydrogen) atoms. The third kappa shape index (κ3) is 3.46. The topological polar surface area (TPSA) is 0 Å². The molecule has 0 nitrogen and oxygen atoms in total. The highest BCUT2D eigenvalue weighted by atomic mass is 19.3. The maximum absolute atomic E-state index is 15.0. The molecular weight excluding hydrogens is 402 g/mol. The van der Waals surface area contributed by atoms with E-state index in [2.05, 4.69) is 0 Å². The SMILES string of the molecule is CCCc1cc2c(c(F)c1F)-c1c(cc(C3=CCC(C=C(F)F)CC3)c(F)c1F)C2. The van der Waals surface area contributed by atoms with Crippen LogP contribution in [0, 0.1) is 29.2 Å². The van der Waals surface area contributed by atoms with Crippen molar-refractivity contribution in [1.82, 2.24) is 0 Å². The first kappa shape index (κ1) is 20.8. The molecule has 1 atom stereocenters. The van der Waals surface area contributed by atoms with Gasteiger partial charge in [0.25, 0.3) is 6.08 Å². The maximum Gasteiger partial charge on any atom is 0.266 e. The Balaban J connectivity index is 1.76. The smallest absolute Gasteiger partial charge is 0.203 e. The Morgan fingerprint density at radius 3 is 2.23 bits per heavy atom. The van der Waals surface area contributed by atoms with E-state index in [0.29, 0.717) is 48.8 Å². The van der Waals surface area contributed by atoms with Gasteiger partial charge in [-0.2, -0.15) is 8.78 Å². The van der Waals surface area contributed by atoms with Gasteiger partial charge in [-0.05, 0) is 72.4 Å². The molecule has 0 aromatic heterocycles. The monoisotopic (exact) mass is 422 g/mol. The molecule has 158 valence electrons. The molecule has 0 spiro atoms. The molecule has 6 heteroatoms. The first-order valence-corrected chi connectivity index (χ1v) is 10.0. The molecule has 0 heterocycles. The zero-order valence-corrected chi connectivity index (χ0v) is 16.4. The molecule has 0 radical (unpaired) electrons. The quantitative estimate of drug-likeness (QED) is 0.378. The van der Waals surface area contributed by atoms with E-state index >= 15 is 4.39 Å². The van der Waals surface area contributed by atoms with Crippen LogP contribution < -0.4 is 0 Å². The standard InChI is InChI=1S/C24H20F6/c1-2-3-14-9-15-10-16-11-17(13-6-4-12(5-7-13)8-18(25)26)22(28)24(30)20(16)19(15)23(29)21(14)27/h6,8-9,11-12H,2-5,7,10H2,1H3. The summed E-state index contributed by atoms with van der Waals surface area (Å²) in [5, 5.41) is 0. The van der Waals surface area contributed by atoms with E-state index in [0.717, 1.165) is 6.08 Å². The molecule has 0 amide bonds. The van der Waals surface area contributed by atoms with Gasteiger partial charge >= 0.3 is 0 Å². The molecule has 2 aliphatic carbocycles. The second-order valence-corrected chi connectivity index (χ2v) is 7.93. The summed E-state index contributed by atoms with van der Waals surface area (Å²) in [6.45, 7) is 1.85. The number of hydrogen-bond donors (Lipinski definition) is 0. The van der Waals surface area contributed by atoms with Crippen molar-refractivity contribution in [1.29, 1.82) is 0 Å². The van der Waals surface area contributed by atoms with Crippen molar-refractivity contribution in [2.45, 2.75) is 45.4 Å². The lowest BCUT2D eigenvalue weighted by Gasteiger charge is -2.20. The van der Waals surface area contributed by atoms with Crippen LogP contribution in [0.5, 0.6) is 0 Å². The van der Waals surface area contributed by atoms with Crippen molar-refractivity contribution >= 4 is 5.57 Å². The number of fused-ring (bicyclic) bond motifs is 3. The van der Waals surface area contributed by atoms with Gasteiger partial charge in [-0.1, -0.05) is 25.5 Å². The molecule has 2 aromatic rings. The average molecular weight is 422 g/mol. The molecule has 0 aliphatic heterocycles. The van der Waals surface area contributed by atoms with E-state index in [1.54, 1.807) is 6.08 Å². The molecule has 0 fully saturated rings. The zero-order valence-electron chi connectivity index (χ0n) is 16.4. The predicted molar refractivity (Wildman–Crippen MR) is 104 cm³/mol. The summed E-state index contributed by atoms with van der Waals surface area (Å²) in [6.07, 6.45) is 3.01. The highest BCUT2D eigenvalue weighted by Crippen LogP contribution is 2.45. The summed E-state index contributed by atoms with van der Waals surface area (Å²) >= 11 is 0. The Kier molecular flexibility index (Phi) is 5.51. The number of allylic oxidation sites excluding steroid dienone is 3. The third-order valence-electron chi connectivity index (χ3n) is 5.96. The minimum Gasteiger partial charge on any atom is -0.203 e. The second kappa shape index (κ2) is 7.97. The molecule has 2 aliphatic rings. The van der Waals surface area contributed by atoms with Gasteiger partial charge in [0.05, 0.1) is 0 Å².